The number of nitrogens with one attached hydrogen (secondary N) is 1. The third kappa shape index (κ3) is 5.15. The highest BCUT2D eigenvalue weighted by molar-refractivity contribution is 7.90. The summed E-state index contributed by atoms with van der Waals surface area (Å²) in [5.41, 5.74) is -2.05. The Morgan fingerprint density at radius 3 is 2.35 bits per heavy atom. The van der Waals surface area contributed by atoms with Crippen LogP contribution in [-0.2, 0) is 25.7 Å². The molecular weight excluding hydrogens is 477 g/mol. The maximum Gasteiger partial charge on any atom is 0.436 e. The molecule has 2 aromatic rings. The van der Waals surface area contributed by atoms with Crippen molar-refractivity contribution >= 4 is 21.7 Å². The minimum atomic E-state index is -4.90. The predicted octanol–water partition coefficient (Wildman–Crippen LogP) is 2.23. The molecule has 0 aromatic carbocycles. The van der Waals surface area contributed by atoms with Crippen LogP contribution in [0.25, 0.3) is 5.82 Å². The predicted molar refractivity (Wildman–Crippen MR) is 113 cm³/mol. The fourth-order valence-electron chi connectivity index (χ4n) is 3.48. The van der Waals surface area contributed by atoms with E-state index < -0.39 is 39.3 Å². The first-order valence-electron chi connectivity index (χ1n) is 10.3. The van der Waals surface area contributed by atoms with Crippen molar-refractivity contribution in [2.24, 2.45) is 5.92 Å². The Bertz CT molecular complexity index is 1210. The number of hydrogen-bond acceptors (Lipinski definition) is 8. The summed E-state index contributed by atoms with van der Waals surface area (Å²) in [6.45, 7) is 6.95. The Hall–Kier alpha value is -3.18. The summed E-state index contributed by atoms with van der Waals surface area (Å²) in [5, 5.41) is 13.2. The number of halogens is 3. The van der Waals surface area contributed by atoms with E-state index in [4.69, 9.17) is 4.74 Å². The summed E-state index contributed by atoms with van der Waals surface area (Å²) < 4.78 is 74.2. The molecule has 1 N–H and O–H groups in total. The largest absolute Gasteiger partial charge is 0.436 e. The molecular formula is C20H23F3N6O4S. The average molecular weight is 501 g/mol. The van der Waals surface area contributed by atoms with Crippen molar-refractivity contribution in [3.05, 3.63) is 29.6 Å². The molecule has 2 aromatic heterocycles. The minimum Gasteiger partial charge on any atom is -0.372 e. The van der Waals surface area contributed by atoms with Gasteiger partial charge in [-0.15, -0.1) is 0 Å². The zero-order chi connectivity index (χ0) is 25.4. The summed E-state index contributed by atoms with van der Waals surface area (Å²) in [6.07, 6.45) is -4.64. The van der Waals surface area contributed by atoms with Gasteiger partial charge in [0.2, 0.25) is 5.91 Å². The normalized spacial score (nSPS) is 19.2. The minimum absolute atomic E-state index is 0.118. The van der Waals surface area contributed by atoms with Crippen LogP contribution in [0.4, 0.5) is 19.0 Å². The number of carbonyl (C=O) groups excluding carboxylic acids is 1. The van der Waals surface area contributed by atoms with Crippen LogP contribution in [0.1, 0.15) is 39.0 Å². The van der Waals surface area contributed by atoms with Crippen molar-refractivity contribution in [3.63, 3.8) is 0 Å². The van der Waals surface area contributed by atoms with Crippen LogP contribution < -0.4 is 9.62 Å². The highest BCUT2D eigenvalue weighted by Gasteiger charge is 2.42. The Morgan fingerprint density at radius 2 is 1.88 bits per heavy atom. The molecule has 3 rings (SSSR count). The molecule has 1 amide bonds. The van der Waals surface area contributed by atoms with E-state index in [1.807, 2.05) is 4.72 Å². The molecule has 34 heavy (non-hydrogen) atoms. The van der Waals surface area contributed by atoms with E-state index in [1.54, 1.807) is 24.8 Å². The van der Waals surface area contributed by atoms with Crippen molar-refractivity contribution in [3.8, 4) is 11.9 Å². The number of carbonyl (C=O) groups is 1. The van der Waals surface area contributed by atoms with Gasteiger partial charge in [0.05, 0.1) is 12.2 Å². The van der Waals surface area contributed by atoms with Crippen LogP contribution in [0.15, 0.2) is 23.2 Å². The third-order valence-electron chi connectivity index (χ3n) is 4.97. The van der Waals surface area contributed by atoms with Gasteiger partial charge < -0.3 is 9.64 Å². The Labute approximate surface area is 194 Å². The molecule has 2 unspecified atom stereocenters. The number of morpholine rings is 1. The van der Waals surface area contributed by atoms with E-state index in [9.17, 15) is 31.6 Å². The molecule has 2 atom stereocenters. The molecule has 1 aliphatic heterocycles. The van der Waals surface area contributed by atoms with Crippen molar-refractivity contribution in [1.82, 2.24) is 19.5 Å². The molecule has 0 aliphatic carbocycles. The van der Waals surface area contributed by atoms with Crippen molar-refractivity contribution in [2.75, 3.05) is 18.0 Å². The second-order valence-electron chi connectivity index (χ2n) is 8.21. The Morgan fingerprint density at radius 1 is 1.26 bits per heavy atom. The molecule has 184 valence electrons. The van der Waals surface area contributed by atoms with E-state index >= 15 is 0 Å². The average Bonchev–Trinajstić information content (AvgIpc) is 3.13. The number of anilines is 1. The molecule has 0 radical (unpaired) electrons. The lowest BCUT2D eigenvalue weighted by Gasteiger charge is -2.36. The summed E-state index contributed by atoms with van der Waals surface area (Å²) in [4.78, 5) is 17.0. The highest BCUT2D eigenvalue weighted by atomic mass is 32.2. The first kappa shape index (κ1) is 25.4. The summed E-state index contributed by atoms with van der Waals surface area (Å²) in [6, 6.07) is 3.84. The van der Waals surface area contributed by atoms with E-state index in [0.717, 1.165) is 23.0 Å². The van der Waals surface area contributed by atoms with Crippen LogP contribution in [0, 0.1) is 17.2 Å². The Kier molecular flexibility index (Phi) is 6.90. The molecule has 10 nitrogen and oxygen atoms in total. The number of amides is 1. The lowest BCUT2D eigenvalue weighted by Crippen LogP contribution is -2.46. The third-order valence-corrected chi connectivity index (χ3v) is 6.30. The number of nitrogens with zero attached hydrogens (tertiary/aromatic N) is 5. The van der Waals surface area contributed by atoms with E-state index in [1.165, 1.54) is 13.8 Å². The van der Waals surface area contributed by atoms with Crippen LogP contribution in [-0.4, -0.2) is 54.4 Å². The maximum absolute atomic E-state index is 13.7. The Balaban J connectivity index is 2.10. The number of aromatic nitrogens is 3. The summed E-state index contributed by atoms with van der Waals surface area (Å²) >= 11 is 0. The number of pyridine rings is 1. The molecule has 0 spiro atoms. The van der Waals surface area contributed by atoms with Crippen LogP contribution in [0.3, 0.4) is 0 Å². The second-order valence-corrected chi connectivity index (χ2v) is 9.89. The summed E-state index contributed by atoms with van der Waals surface area (Å²) in [7, 11) is -4.23. The van der Waals surface area contributed by atoms with Gasteiger partial charge >= 0.3 is 6.18 Å². The highest BCUT2D eigenvalue weighted by Crippen LogP contribution is 2.37. The lowest BCUT2D eigenvalue weighted by atomic mass is 10.2. The zero-order valence-corrected chi connectivity index (χ0v) is 19.6. The van der Waals surface area contributed by atoms with Crippen LogP contribution in [0.2, 0.25) is 0 Å². The number of sulfonamides is 1. The SMILES string of the molecule is CC1CN(c2c(C#N)c(C(F)(F)F)nn2-c2ccc(S(=O)(=O)NC(=O)C(C)C)cn2)CC(C)O1. The van der Waals surface area contributed by atoms with Crippen molar-refractivity contribution < 1.29 is 31.1 Å². The monoisotopic (exact) mass is 500 g/mol. The number of rotatable bonds is 5. The number of hydrogen-bond donors (Lipinski definition) is 1. The molecule has 0 saturated carbocycles. The van der Waals surface area contributed by atoms with Gasteiger partial charge in [0, 0.05) is 25.2 Å². The van der Waals surface area contributed by atoms with Gasteiger partial charge in [0.1, 0.15) is 16.5 Å². The van der Waals surface area contributed by atoms with Crippen LogP contribution in [0.5, 0.6) is 0 Å². The van der Waals surface area contributed by atoms with Crippen molar-refractivity contribution in [1.29, 1.82) is 5.26 Å². The molecule has 1 fully saturated rings. The van der Waals surface area contributed by atoms with Gasteiger partial charge in [0.15, 0.2) is 17.3 Å². The summed E-state index contributed by atoms with van der Waals surface area (Å²) in [5.74, 6) is -1.56. The van der Waals surface area contributed by atoms with Gasteiger partial charge in [-0.3, -0.25) is 4.79 Å². The number of nitriles is 1. The molecule has 14 heteroatoms. The first-order chi connectivity index (χ1) is 15.7. The maximum atomic E-state index is 13.7. The fourth-order valence-corrected chi connectivity index (χ4v) is 4.54. The second kappa shape index (κ2) is 9.22. The molecule has 1 aliphatic rings. The molecule has 0 bridgehead atoms. The topological polar surface area (TPSA) is 130 Å². The van der Waals surface area contributed by atoms with E-state index in [0.29, 0.717) is 0 Å². The molecule has 3 heterocycles. The van der Waals surface area contributed by atoms with Crippen LogP contribution >= 0.6 is 0 Å². The fraction of sp³-hybridized carbons (Fsp3) is 0.500. The van der Waals surface area contributed by atoms with Gasteiger partial charge in [-0.25, -0.2) is 18.1 Å². The van der Waals surface area contributed by atoms with Crippen molar-refractivity contribution in [2.45, 2.75) is 51.0 Å². The number of ether oxygens (including phenoxy) is 1. The number of alkyl halides is 3. The first-order valence-corrected chi connectivity index (χ1v) is 11.8. The smallest absolute Gasteiger partial charge is 0.372 e. The van der Waals surface area contributed by atoms with E-state index in [2.05, 4.69) is 10.1 Å². The van der Waals surface area contributed by atoms with Gasteiger partial charge in [-0.1, -0.05) is 13.8 Å². The lowest BCUT2D eigenvalue weighted by molar-refractivity contribution is -0.141. The standard InChI is InChI=1S/C20H23F3N6O4S/c1-11(2)18(30)27-34(31,32)14-5-6-16(25-8-14)29-19(28-9-12(3)33-13(4)10-28)15(7-24)17(26-29)20(21,22)23/h5-6,8,11-13H,9-10H2,1-4H3,(H,27,30). The van der Waals surface area contributed by atoms with Gasteiger partial charge in [-0.2, -0.15) is 28.2 Å². The van der Waals surface area contributed by atoms with E-state index in [-0.39, 0.29) is 41.8 Å². The molecule has 1 saturated heterocycles. The quantitative estimate of drug-likeness (QED) is 0.662. The van der Waals surface area contributed by atoms with Gasteiger partial charge in [-0.05, 0) is 26.0 Å². The zero-order valence-electron chi connectivity index (χ0n) is 18.8. The van der Waals surface area contributed by atoms with Gasteiger partial charge in [0.25, 0.3) is 10.0 Å².